The van der Waals surface area contributed by atoms with E-state index in [4.69, 9.17) is 14.3 Å². The van der Waals surface area contributed by atoms with Gasteiger partial charge in [-0.3, -0.25) is 4.79 Å². The predicted molar refractivity (Wildman–Crippen MR) is 82.9 cm³/mol. The number of piperidine rings is 1. The first-order chi connectivity index (χ1) is 11.5. The lowest BCUT2D eigenvalue weighted by Crippen LogP contribution is -2.50. The van der Waals surface area contributed by atoms with Crippen molar-refractivity contribution in [3.8, 4) is 11.7 Å². The Hall–Kier alpha value is -2.80. The monoisotopic (exact) mass is 331 g/mol. The van der Waals surface area contributed by atoms with Crippen LogP contribution in [-0.4, -0.2) is 45.7 Å². The zero-order chi connectivity index (χ0) is 17.2. The molecule has 7 nitrogen and oxygen atoms in total. The third kappa shape index (κ3) is 3.26. The molecular formula is C17H17NO6. The van der Waals surface area contributed by atoms with Crippen molar-refractivity contribution < 1.29 is 29.0 Å². The van der Waals surface area contributed by atoms with Crippen molar-refractivity contribution >= 4 is 11.9 Å². The molecule has 1 aliphatic rings. The van der Waals surface area contributed by atoms with Gasteiger partial charge in [-0.2, -0.15) is 0 Å². The van der Waals surface area contributed by atoms with Crippen molar-refractivity contribution in [3.05, 3.63) is 48.2 Å². The van der Waals surface area contributed by atoms with Crippen LogP contribution < -0.4 is 4.74 Å². The van der Waals surface area contributed by atoms with Crippen LogP contribution in [0.3, 0.4) is 0 Å². The van der Waals surface area contributed by atoms with E-state index in [-0.39, 0.29) is 43.5 Å². The van der Waals surface area contributed by atoms with Gasteiger partial charge in [0, 0.05) is 32.0 Å². The van der Waals surface area contributed by atoms with Crippen LogP contribution in [0.4, 0.5) is 0 Å². The molecule has 1 saturated heterocycles. The maximum Gasteiger partial charge on any atom is 0.335 e. The van der Waals surface area contributed by atoms with Gasteiger partial charge in [0.1, 0.15) is 5.75 Å². The fraction of sp³-hybridized carbons (Fsp3) is 0.294. The number of para-hydroxylation sites is 1. The topological polar surface area (TPSA) is 100 Å². The number of aliphatic carboxylic acids is 1. The molecule has 0 atom stereocenters. The summed E-state index contributed by atoms with van der Waals surface area (Å²) in [5.74, 6) is -0.711. The average Bonchev–Trinajstić information content (AvgIpc) is 3.04. The van der Waals surface area contributed by atoms with Gasteiger partial charge >= 0.3 is 5.97 Å². The number of rotatable bonds is 4. The molecule has 2 heterocycles. The van der Waals surface area contributed by atoms with Gasteiger partial charge < -0.3 is 24.3 Å². The number of carbonyl (C=O) groups is 2. The van der Waals surface area contributed by atoms with Crippen molar-refractivity contribution in [2.75, 3.05) is 13.1 Å². The number of amides is 1. The molecular weight excluding hydrogens is 314 g/mol. The number of carbonyl (C=O) groups excluding carboxylic acids is 1. The number of aliphatic hydroxyl groups is 1. The molecule has 7 heteroatoms. The highest BCUT2D eigenvalue weighted by Gasteiger charge is 2.40. The zero-order valence-electron chi connectivity index (χ0n) is 12.8. The third-order valence-corrected chi connectivity index (χ3v) is 4.03. The summed E-state index contributed by atoms with van der Waals surface area (Å²) in [6.45, 7) is 0.300. The fourth-order valence-corrected chi connectivity index (χ4v) is 2.54. The number of furan rings is 1. The summed E-state index contributed by atoms with van der Waals surface area (Å²) < 4.78 is 10.9. The van der Waals surface area contributed by atoms with Gasteiger partial charge in [0.2, 0.25) is 0 Å². The SMILES string of the molecule is O=C(c1ccc(Oc2ccccc2)o1)N1CCC(O)(C(=O)O)CC1. The minimum absolute atomic E-state index is 0.0118. The van der Waals surface area contributed by atoms with Gasteiger partial charge in [0.25, 0.3) is 11.9 Å². The summed E-state index contributed by atoms with van der Waals surface area (Å²) in [4.78, 5) is 24.9. The number of hydrogen-bond donors (Lipinski definition) is 2. The normalized spacial score (nSPS) is 16.6. The van der Waals surface area contributed by atoms with E-state index in [2.05, 4.69) is 0 Å². The van der Waals surface area contributed by atoms with E-state index in [1.54, 1.807) is 18.2 Å². The second-order valence-corrected chi connectivity index (χ2v) is 5.66. The second kappa shape index (κ2) is 6.37. The number of likely N-dealkylation sites (tertiary alicyclic amines) is 1. The van der Waals surface area contributed by atoms with E-state index >= 15 is 0 Å². The molecule has 0 aliphatic carbocycles. The summed E-state index contributed by atoms with van der Waals surface area (Å²) >= 11 is 0. The van der Waals surface area contributed by atoms with Gasteiger partial charge in [-0.15, -0.1) is 0 Å². The van der Waals surface area contributed by atoms with Crippen LogP contribution in [-0.2, 0) is 4.79 Å². The van der Waals surface area contributed by atoms with Crippen LogP contribution in [0.1, 0.15) is 23.4 Å². The van der Waals surface area contributed by atoms with Crippen LogP contribution in [0.25, 0.3) is 0 Å². The molecule has 24 heavy (non-hydrogen) atoms. The highest BCUT2D eigenvalue weighted by atomic mass is 16.6. The maximum absolute atomic E-state index is 12.4. The van der Waals surface area contributed by atoms with E-state index in [1.807, 2.05) is 18.2 Å². The summed E-state index contributed by atoms with van der Waals surface area (Å²) in [6.07, 6.45) is -0.0235. The highest BCUT2D eigenvalue weighted by molar-refractivity contribution is 5.92. The Kier molecular flexibility index (Phi) is 4.26. The molecule has 0 saturated carbocycles. The molecule has 1 fully saturated rings. The summed E-state index contributed by atoms with van der Waals surface area (Å²) in [6, 6.07) is 12.1. The zero-order valence-corrected chi connectivity index (χ0v) is 12.8. The van der Waals surface area contributed by atoms with Gasteiger partial charge in [-0.25, -0.2) is 4.79 Å². The molecule has 126 valence electrons. The van der Waals surface area contributed by atoms with Crippen molar-refractivity contribution in [2.45, 2.75) is 18.4 Å². The molecule has 1 aromatic carbocycles. The average molecular weight is 331 g/mol. The minimum atomic E-state index is -1.76. The van der Waals surface area contributed by atoms with E-state index in [0.717, 1.165) is 0 Å². The number of carboxylic acids is 1. The minimum Gasteiger partial charge on any atom is -0.479 e. The van der Waals surface area contributed by atoms with Gasteiger partial charge in [-0.05, 0) is 18.2 Å². The van der Waals surface area contributed by atoms with Crippen LogP contribution in [0.2, 0.25) is 0 Å². The molecule has 3 rings (SSSR count). The Labute approximate surface area is 138 Å². The molecule has 1 amide bonds. The summed E-state index contributed by atoms with van der Waals surface area (Å²) in [7, 11) is 0. The number of hydrogen-bond acceptors (Lipinski definition) is 5. The Bertz CT molecular complexity index is 731. The van der Waals surface area contributed by atoms with Gasteiger partial charge in [0.05, 0.1) is 0 Å². The van der Waals surface area contributed by atoms with Crippen molar-refractivity contribution in [1.29, 1.82) is 0 Å². The number of nitrogens with zero attached hydrogens (tertiary/aromatic N) is 1. The highest BCUT2D eigenvalue weighted by Crippen LogP contribution is 2.27. The van der Waals surface area contributed by atoms with Gasteiger partial charge in [-0.1, -0.05) is 18.2 Å². The van der Waals surface area contributed by atoms with E-state index in [1.165, 1.54) is 11.0 Å². The first-order valence-electron chi connectivity index (χ1n) is 7.56. The molecule has 0 bridgehead atoms. The number of ether oxygens (including phenoxy) is 1. The summed E-state index contributed by atoms with van der Waals surface area (Å²) in [5.41, 5.74) is -1.76. The Morgan fingerprint density at radius 2 is 1.75 bits per heavy atom. The van der Waals surface area contributed by atoms with Crippen LogP contribution >= 0.6 is 0 Å². The predicted octanol–water partition coefficient (Wildman–Crippen LogP) is 2.12. The molecule has 1 aromatic heterocycles. The molecule has 0 spiro atoms. The maximum atomic E-state index is 12.4. The molecule has 0 unspecified atom stereocenters. The Balaban J connectivity index is 1.63. The van der Waals surface area contributed by atoms with E-state index in [9.17, 15) is 14.7 Å². The fourth-order valence-electron chi connectivity index (χ4n) is 2.54. The molecule has 1 aliphatic heterocycles. The van der Waals surface area contributed by atoms with Crippen LogP contribution in [0.5, 0.6) is 11.7 Å². The first kappa shape index (κ1) is 16.1. The lowest BCUT2D eigenvalue weighted by Gasteiger charge is -2.34. The first-order valence-corrected chi connectivity index (χ1v) is 7.56. The van der Waals surface area contributed by atoms with E-state index in [0.29, 0.717) is 5.75 Å². The molecule has 2 N–H and O–H groups in total. The lowest BCUT2D eigenvalue weighted by atomic mass is 9.91. The Morgan fingerprint density at radius 1 is 1.08 bits per heavy atom. The van der Waals surface area contributed by atoms with Crippen molar-refractivity contribution in [1.82, 2.24) is 4.90 Å². The standard InChI is InChI=1S/C17H17NO6/c19-15(18-10-8-17(22,9-11-18)16(20)21)13-6-7-14(24-13)23-12-4-2-1-3-5-12/h1-7,22H,8-11H2,(H,20,21). The Morgan fingerprint density at radius 3 is 2.38 bits per heavy atom. The van der Waals surface area contributed by atoms with Crippen molar-refractivity contribution in [3.63, 3.8) is 0 Å². The van der Waals surface area contributed by atoms with Gasteiger partial charge in [0.15, 0.2) is 11.4 Å². The molecule has 2 aromatic rings. The van der Waals surface area contributed by atoms with Crippen LogP contribution in [0, 0.1) is 0 Å². The summed E-state index contributed by atoms with van der Waals surface area (Å²) in [5, 5.41) is 18.9. The third-order valence-electron chi connectivity index (χ3n) is 4.03. The quantitative estimate of drug-likeness (QED) is 0.890. The molecule has 0 radical (unpaired) electrons. The van der Waals surface area contributed by atoms with E-state index < -0.39 is 11.6 Å². The lowest BCUT2D eigenvalue weighted by molar-refractivity contribution is -0.162. The van der Waals surface area contributed by atoms with Crippen LogP contribution in [0.15, 0.2) is 46.9 Å². The number of carboxylic acid groups (broad SMARTS) is 1. The number of benzene rings is 1. The van der Waals surface area contributed by atoms with Crippen molar-refractivity contribution in [2.24, 2.45) is 0 Å². The smallest absolute Gasteiger partial charge is 0.335 e. The largest absolute Gasteiger partial charge is 0.479 e. The second-order valence-electron chi connectivity index (χ2n) is 5.66.